The van der Waals surface area contributed by atoms with Gasteiger partial charge in [-0.05, 0) is 52.8 Å². The summed E-state index contributed by atoms with van der Waals surface area (Å²) in [6.07, 6.45) is -0.0967. The summed E-state index contributed by atoms with van der Waals surface area (Å²) in [4.78, 5) is 24.6. The number of aromatic nitrogens is 2. The van der Waals surface area contributed by atoms with Crippen LogP contribution >= 0.6 is 0 Å². The first-order valence-electron chi connectivity index (χ1n) is 12.0. The van der Waals surface area contributed by atoms with Crippen LogP contribution in [0.25, 0.3) is 6.08 Å². The SMILES string of the molecule is CC1=Cc2c(C(=O)NCC(F)(F)CNC(=O)OC(C)(C)C)c(C)nn2C(OCc2c(F)cccc2F)C1C. The second-order valence-corrected chi connectivity index (χ2v) is 10.3. The molecule has 3 rings (SSSR count). The molecule has 208 valence electrons. The molecule has 0 bridgehead atoms. The lowest BCUT2D eigenvalue weighted by Crippen LogP contribution is -2.46. The standard InChI is InChI=1S/C26H32F4N4O4/c1-14-10-20-21(22(35)31-12-26(29,30)13-32-24(36)38-25(4,5)6)16(3)33-34(20)23(15(14)2)37-11-17-18(27)8-7-9-19(17)28/h7-10,15,23H,11-13H2,1-6H3,(H,31,35)(H,32,36). The maximum atomic E-state index is 14.4. The number of hydrogen-bond donors (Lipinski definition) is 2. The zero-order valence-corrected chi connectivity index (χ0v) is 22.1. The number of amides is 2. The molecule has 0 aliphatic carbocycles. The van der Waals surface area contributed by atoms with Crippen LogP contribution in [-0.2, 0) is 16.1 Å². The number of fused-ring (bicyclic) bond motifs is 1. The molecule has 0 spiro atoms. The predicted molar refractivity (Wildman–Crippen MR) is 131 cm³/mol. The average Bonchev–Trinajstić information content (AvgIpc) is 3.12. The van der Waals surface area contributed by atoms with Crippen molar-refractivity contribution in [1.29, 1.82) is 0 Å². The number of alkyl halides is 2. The lowest BCUT2D eigenvalue weighted by atomic mass is 9.95. The Hall–Kier alpha value is -3.41. The Balaban J connectivity index is 1.73. The van der Waals surface area contributed by atoms with Crippen LogP contribution < -0.4 is 10.6 Å². The summed E-state index contributed by atoms with van der Waals surface area (Å²) in [5.41, 5.74) is 0.370. The summed E-state index contributed by atoms with van der Waals surface area (Å²) in [5.74, 6) is -6.00. The first kappa shape index (κ1) is 29.2. The smallest absolute Gasteiger partial charge is 0.407 e. The lowest BCUT2D eigenvalue weighted by Gasteiger charge is -2.30. The van der Waals surface area contributed by atoms with E-state index in [1.165, 1.54) is 10.7 Å². The number of carbonyl (C=O) groups excluding carboxylic acids is 2. The third-order valence-corrected chi connectivity index (χ3v) is 5.96. The number of nitrogens with one attached hydrogen (secondary N) is 2. The fourth-order valence-corrected chi connectivity index (χ4v) is 3.89. The van der Waals surface area contributed by atoms with Gasteiger partial charge in [0.25, 0.3) is 11.8 Å². The van der Waals surface area contributed by atoms with Crippen LogP contribution in [0, 0.1) is 24.5 Å². The summed E-state index contributed by atoms with van der Waals surface area (Å²) < 4.78 is 69.2. The number of ether oxygens (including phenoxy) is 2. The Bertz CT molecular complexity index is 1220. The predicted octanol–water partition coefficient (Wildman–Crippen LogP) is 5.13. The van der Waals surface area contributed by atoms with Crippen LogP contribution in [0.3, 0.4) is 0 Å². The van der Waals surface area contributed by atoms with Gasteiger partial charge in [0.15, 0.2) is 6.23 Å². The number of benzene rings is 1. The van der Waals surface area contributed by atoms with E-state index in [4.69, 9.17) is 9.47 Å². The number of aryl methyl sites for hydroxylation is 1. The first-order valence-corrected chi connectivity index (χ1v) is 12.0. The van der Waals surface area contributed by atoms with Crippen LogP contribution in [0.1, 0.15) is 68.2 Å². The van der Waals surface area contributed by atoms with E-state index in [2.05, 4.69) is 10.4 Å². The van der Waals surface area contributed by atoms with E-state index < -0.39 is 54.5 Å². The van der Waals surface area contributed by atoms with E-state index in [-0.39, 0.29) is 29.3 Å². The molecule has 1 aliphatic heterocycles. The van der Waals surface area contributed by atoms with E-state index in [9.17, 15) is 27.2 Å². The highest BCUT2D eigenvalue weighted by molar-refractivity contribution is 5.98. The Kier molecular flexibility index (Phi) is 8.55. The second kappa shape index (κ2) is 11.1. The fourth-order valence-electron chi connectivity index (χ4n) is 3.89. The quantitative estimate of drug-likeness (QED) is 0.453. The van der Waals surface area contributed by atoms with Gasteiger partial charge in [-0.2, -0.15) is 5.10 Å². The van der Waals surface area contributed by atoms with E-state index >= 15 is 0 Å². The largest absolute Gasteiger partial charge is 0.444 e. The van der Waals surface area contributed by atoms with E-state index in [0.29, 0.717) is 5.69 Å². The topological polar surface area (TPSA) is 94.5 Å². The minimum atomic E-state index is -3.45. The number of hydrogen-bond acceptors (Lipinski definition) is 5. The van der Waals surface area contributed by atoms with Gasteiger partial charge in [-0.3, -0.25) is 4.79 Å². The third-order valence-electron chi connectivity index (χ3n) is 5.96. The monoisotopic (exact) mass is 540 g/mol. The molecular weight excluding hydrogens is 508 g/mol. The minimum Gasteiger partial charge on any atom is -0.444 e. The molecule has 1 aliphatic rings. The Morgan fingerprint density at radius 2 is 1.68 bits per heavy atom. The summed E-state index contributed by atoms with van der Waals surface area (Å²) >= 11 is 0. The highest BCUT2D eigenvalue weighted by Gasteiger charge is 2.35. The van der Waals surface area contributed by atoms with Crippen LogP contribution in [-0.4, -0.2) is 46.4 Å². The van der Waals surface area contributed by atoms with Crippen molar-refractivity contribution in [1.82, 2.24) is 20.4 Å². The van der Waals surface area contributed by atoms with Crippen LogP contribution in [0.4, 0.5) is 22.4 Å². The minimum absolute atomic E-state index is 0.0674. The Morgan fingerprint density at radius 1 is 1.08 bits per heavy atom. The summed E-state index contributed by atoms with van der Waals surface area (Å²) in [6, 6.07) is 3.51. The van der Waals surface area contributed by atoms with Crippen LogP contribution in [0.2, 0.25) is 0 Å². The zero-order valence-electron chi connectivity index (χ0n) is 22.1. The maximum Gasteiger partial charge on any atom is 0.407 e. The first-order chi connectivity index (χ1) is 17.6. The second-order valence-electron chi connectivity index (χ2n) is 10.3. The van der Waals surface area contributed by atoms with Gasteiger partial charge >= 0.3 is 6.09 Å². The highest BCUT2D eigenvalue weighted by atomic mass is 19.3. The van der Waals surface area contributed by atoms with Gasteiger partial charge in [-0.15, -0.1) is 0 Å². The molecule has 0 radical (unpaired) electrons. The molecule has 38 heavy (non-hydrogen) atoms. The molecular formula is C26H32F4N4O4. The molecule has 12 heteroatoms. The van der Waals surface area contributed by atoms with Crippen molar-refractivity contribution < 1.29 is 36.6 Å². The zero-order chi connectivity index (χ0) is 28.4. The van der Waals surface area contributed by atoms with Gasteiger partial charge < -0.3 is 20.1 Å². The molecule has 2 heterocycles. The summed E-state index contributed by atoms with van der Waals surface area (Å²) in [5, 5.41) is 8.56. The molecule has 1 aromatic heterocycles. The number of nitrogens with zero attached hydrogens (tertiary/aromatic N) is 2. The van der Waals surface area contributed by atoms with Gasteiger partial charge in [0, 0.05) is 11.5 Å². The number of alkyl carbamates (subject to hydrolysis) is 1. The highest BCUT2D eigenvalue weighted by Crippen LogP contribution is 2.36. The summed E-state index contributed by atoms with van der Waals surface area (Å²) in [7, 11) is 0. The van der Waals surface area contributed by atoms with Crippen molar-refractivity contribution in [3.63, 3.8) is 0 Å². The van der Waals surface area contributed by atoms with Crippen molar-refractivity contribution in [3.8, 4) is 0 Å². The Labute approximate surface area is 218 Å². The molecule has 1 aromatic carbocycles. The molecule has 0 saturated heterocycles. The number of rotatable bonds is 8. The summed E-state index contributed by atoms with van der Waals surface area (Å²) in [6.45, 7) is 7.53. The van der Waals surface area contributed by atoms with Crippen molar-refractivity contribution >= 4 is 18.1 Å². The normalized spacial score (nSPS) is 17.5. The van der Waals surface area contributed by atoms with Gasteiger partial charge in [-0.1, -0.05) is 18.6 Å². The lowest BCUT2D eigenvalue weighted by molar-refractivity contribution is -0.0480. The van der Waals surface area contributed by atoms with Crippen molar-refractivity contribution in [2.75, 3.05) is 13.1 Å². The molecule has 2 amide bonds. The van der Waals surface area contributed by atoms with Crippen LogP contribution in [0.5, 0.6) is 0 Å². The molecule has 0 saturated carbocycles. The van der Waals surface area contributed by atoms with E-state index in [0.717, 1.165) is 17.7 Å². The van der Waals surface area contributed by atoms with Gasteiger partial charge in [0.1, 0.15) is 17.2 Å². The molecule has 0 fully saturated rings. The maximum absolute atomic E-state index is 14.4. The van der Waals surface area contributed by atoms with Gasteiger partial charge in [0.05, 0.1) is 36.6 Å². The van der Waals surface area contributed by atoms with Gasteiger partial charge in [-0.25, -0.2) is 27.0 Å². The van der Waals surface area contributed by atoms with E-state index in [1.807, 2.05) is 12.2 Å². The average molecular weight is 541 g/mol. The fraction of sp³-hybridized carbons (Fsp3) is 0.500. The van der Waals surface area contributed by atoms with Crippen molar-refractivity contribution in [2.24, 2.45) is 5.92 Å². The Morgan fingerprint density at radius 3 is 2.29 bits per heavy atom. The van der Waals surface area contributed by atoms with E-state index in [1.54, 1.807) is 40.7 Å². The molecule has 2 atom stereocenters. The number of halogens is 4. The van der Waals surface area contributed by atoms with Gasteiger partial charge in [0.2, 0.25) is 0 Å². The van der Waals surface area contributed by atoms with Crippen LogP contribution in [0.15, 0.2) is 23.8 Å². The third kappa shape index (κ3) is 6.91. The van der Waals surface area contributed by atoms with Crippen molar-refractivity contribution in [3.05, 3.63) is 57.9 Å². The molecule has 2 unspecified atom stereocenters. The molecule has 8 nitrogen and oxygen atoms in total. The molecule has 2 aromatic rings. The molecule has 2 N–H and O–H groups in total. The number of carbonyl (C=O) groups is 2. The van der Waals surface area contributed by atoms with Crippen molar-refractivity contribution in [2.45, 2.75) is 65.9 Å².